The number of hydrogen-bond donors (Lipinski definition) is 2. The first-order valence-electron chi connectivity index (χ1n) is 6.65. The zero-order chi connectivity index (χ0) is 17.2. The van der Waals surface area contributed by atoms with Crippen molar-refractivity contribution in [2.24, 2.45) is 0 Å². The average molecular weight is 344 g/mol. The van der Waals surface area contributed by atoms with Crippen LogP contribution in [0.25, 0.3) is 0 Å². The topological polar surface area (TPSA) is 49.3 Å². The lowest BCUT2D eigenvalue weighted by molar-refractivity contribution is -0.137. The third-order valence-electron chi connectivity index (χ3n) is 3.27. The van der Waals surface area contributed by atoms with Gasteiger partial charge >= 0.3 is 6.18 Å². The number of alkyl halides is 3. The Balaban J connectivity index is 2.16. The zero-order valence-electron chi connectivity index (χ0n) is 12.0. The van der Waals surface area contributed by atoms with E-state index in [0.29, 0.717) is 5.56 Å². The minimum atomic E-state index is -4.44. The highest BCUT2D eigenvalue weighted by Gasteiger charge is 2.30. The highest BCUT2D eigenvalue weighted by molar-refractivity contribution is 6.32. The number of aromatic hydroxyl groups is 1. The number of carbonyl (C=O) groups is 1. The number of rotatable bonds is 3. The van der Waals surface area contributed by atoms with Crippen molar-refractivity contribution in [3.8, 4) is 5.75 Å². The van der Waals surface area contributed by atoms with E-state index < -0.39 is 23.7 Å². The monoisotopic (exact) mass is 343 g/mol. The van der Waals surface area contributed by atoms with Gasteiger partial charge < -0.3 is 10.4 Å². The Labute approximate surface area is 135 Å². The normalized spacial score (nSPS) is 12.7. The molecule has 23 heavy (non-hydrogen) atoms. The van der Waals surface area contributed by atoms with Gasteiger partial charge in [0.1, 0.15) is 5.75 Å². The van der Waals surface area contributed by atoms with Gasteiger partial charge in [-0.1, -0.05) is 23.7 Å². The fraction of sp³-hybridized carbons (Fsp3) is 0.188. The molecule has 0 bridgehead atoms. The summed E-state index contributed by atoms with van der Waals surface area (Å²) in [5, 5.41) is 11.9. The molecule has 2 N–H and O–H groups in total. The maximum absolute atomic E-state index is 12.7. The molecule has 0 saturated heterocycles. The van der Waals surface area contributed by atoms with E-state index in [4.69, 9.17) is 11.6 Å². The number of halogens is 4. The highest BCUT2D eigenvalue weighted by Crippen LogP contribution is 2.31. The second-order valence-electron chi connectivity index (χ2n) is 4.98. The molecule has 0 spiro atoms. The highest BCUT2D eigenvalue weighted by atomic mass is 35.5. The van der Waals surface area contributed by atoms with Gasteiger partial charge in [-0.05, 0) is 42.8 Å². The Bertz CT molecular complexity index is 732. The maximum atomic E-state index is 12.7. The molecule has 2 rings (SSSR count). The molecule has 0 fully saturated rings. The van der Waals surface area contributed by atoms with Crippen LogP contribution in [0.5, 0.6) is 5.75 Å². The van der Waals surface area contributed by atoms with Crippen LogP contribution in [0.1, 0.15) is 34.5 Å². The van der Waals surface area contributed by atoms with Gasteiger partial charge in [0.15, 0.2) is 0 Å². The van der Waals surface area contributed by atoms with Crippen LogP contribution in [0.4, 0.5) is 13.2 Å². The minimum absolute atomic E-state index is 0.0179. The molecule has 0 radical (unpaired) electrons. The Kier molecular flexibility index (Phi) is 4.85. The number of amides is 1. The van der Waals surface area contributed by atoms with Crippen LogP contribution in [0.2, 0.25) is 5.02 Å². The molecule has 2 aromatic carbocycles. The Morgan fingerprint density at radius 3 is 2.52 bits per heavy atom. The molecule has 0 heterocycles. The quantitative estimate of drug-likeness (QED) is 0.858. The fourth-order valence-corrected chi connectivity index (χ4v) is 2.18. The van der Waals surface area contributed by atoms with E-state index in [9.17, 15) is 23.1 Å². The molecule has 0 aliphatic heterocycles. The Morgan fingerprint density at radius 1 is 1.22 bits per heavy atom. The number of carbonyl (C=O) groups excluding carboxylic acids is 1. The molecule has 0 aliphatic rings. The molecule has 0 unspecified atom stereocenters. The summed E-state index contributed by atoms with van der Waals surface area (Å²) in [6.07, 6.45) is -4.44. The Morgan fingerprint density at radius 2 is 1.91 bits per heavy atom. The van der Waals surface area contributed by atoms with Crippen molar-refractivity contribution in [1.82, 2.24) is 5.32 Å². The maximum Gasteiger partial charge on any atom is 0.416 e. The lowest BCUT2D eigenvalue weighted by Crippen LogP contribution is -2.26. The second kappa shape index (κ2) is 6.50. The molecule has 1 atom stereocenters. The van der Waals surface area contributed by atoms with E-state index in [-0.39, 0.29) is 16.3 Å². The van der Waals surface area contributed by atoms with Gasteiger partial charge in [-0.2, -0.15) is 13.2 Å². The number of phenolic OH excluding ortho intramolecular Hbond substituents is 1. The molecule has 0 aliphatic carbocycles. The van der Waals surface area contributed by atoms with Crippen LogP contribution in [0, 0.1) is 0 Å². The van der Waals surface area contributed by atoms with Crippen molar-refractivity contribution in [3.63, 3.8) is 0 Å². The van der Waals surface area contributed by atoms with Crippen molar-refractivity contribution in [2.75, 3.05) is 0 Å². The van der Waals surface area contributed by atoms with Crippen molar-refractivity contribution < 1.29 is 23.1 Å². The fourth-order valence-electron chi connectivity index (χ4n) is 2.00. The number of hydrogen-bond acceptors (Lipinski definition) is 2. The van der Waals surface area contributed by atoms with E-state index in [1.165, 1.54) is 30.3 Å². The second-order valence-corrected chi connectivity index (χ2v) is 5.39. The molecule has 122 valence electrons. The molecule has 0 saturated carbocycles. The lowest BCUT2D eigenvalue weighted by atomic mass is 10.0. The molecule has 2 aromatic rings. The largest absolute Gasteiger partial charge is 0.506 e. The van der Waals surface area contributed by atoms with Crippen molar-refractivity contribution in [1.29, 1.82) is 0 Å². The van der Waals surface area contributed by atoms with Crippen molar-refractivity contribution in [2.45, 2.75) is 19.1 Å². The summed E-state index contributed by atoms with van der Waals surface area (Å²) >= 11 is 5.73. The number of nitrogens with one attached hydrogen (secondary N) is 1. The van der Waals surface area contributed by atoms with E-state index >= 15 is 0 Å². The smallest absolute Gasteiger partial charge is 0.416 e. The molecular weight excluding hydrogens is 331 g/mol. The summed E-state index contributed by atoms with van der Waals surface area (Å²) in [4.78, 5) is 12.1. The Hall–Kier alpha value is -2.21. The average Bonchev–Trinajstić information content (AvgIpc) is 2.49. The van der Waals surface area contributed by atoms with Crippen LogP contribution in [-0.2, 0) is 6.18 Å². The van der Waals surface area contributed by atoms with E-state index in [0.717, 1.165) is 12.1 Å². The standard InChI is InChI=1S/C16H13ClF3NO2/c1-9(10-3-2-4-12(7-10)16(18,19)20)21-15(23)11-5-6-14(22)13(17)8-11/h2-9,22H,1H3,(H,21,23)/t9-/m0/s1. The number of benzene rings is 2. The van der Waals surface area contributed by atoms with Gasteiger partial charge in [0.25, 0.3) is 5.91 Å². The molecule has 0 aromatic heterocycles. The van der Waals surface area contributed by atoms with Gasteiger partial charge in [-0.3, -0.25) is 4.79 Å². The van der Waals surface area contributed by atoms with Gasteiger partial charge in [0.2, 0.25) is 0 Å². The van der Waals surface area contributed by atoms with Gasteiger partial charge in [0.05, 0.1) is 16.6 Å². The van der Waals surface area contributed by atoms with E-state index in [1.54, 1.807) is 6.92 Å². The van der Waals surface area contributed by atoms with Crippen LogP contribution < -0.4 is 5.32 Å². The van der Waals surface area contributed by atoms with Gasteiger partial charge in [0, 0.05) is 5.56 Å². The third-order valence-corrected chi connectivity index (χ3v) is 3.57. The third kappa shape index (κ3) is 4.16. The first-order chi connectivity index (χ1) is 10.7. The van der Waals surface area contributed by atoms with Gasteiger partial charge in [-0.25, -0.2) is 0 Å². The van der Waals surface area contributed by atoms with Crippen molar-refractivity contribution >= 4 is 17.5 Å². The predicted molar refractivity (Wildman–Crippen MR) is 80.4 cm³/mol. The summed E-state index contributed by atoms with van der Waals surface area (Å²) in [5.41, 5.74) is -0.242. The summed E-state index contributed by atoms with van der Waals surface area (Å²) in [5.74, 6) is -0.661. The first kappa shape index (κ1) is 17.1. The zero-order valence-corrected chi connectivity index (χ0v) is 12.7. The van der Waals surface area contributed by atoms with Crippen LogP contribution in [0.15, 0.2) is 42.5 Å². The number of phenols is 1. The molecule has 7 heteroatoms. The molecule has 3 nitrogen and oxygen atoms in total. The van der Waals surface area contributed by atoms with E-state index in [1.807, 2.05) is 0 Å². The van der Waals surface area contributed by atoms with Crippen LogP contribution in [-0.4, -0.2) is 11.0 Å². The SMILES string of the molecule is C[C@H](NC(=O)c1ccc(O)c(Cl)c1)c1cccc(C(F)(F)F)c1. The summed E-state index contributed by atoms with van der Waals surface area (Å²) in [7, 11) is 0. The van der Waals surface area contributed by atoms with E-state index in [2.05, 4.69) is 5.32 Å². The van der Waals surface area contributed by atoms with Crippen LogP contribution in [0.3, 0.4) is 0 Å². The molecule has 1 amide bonds. The summed E-state index contributed by atoms with van der Waals surface area (Å²) in [6, 6.07) is 8.05. The van der Waals surface area contributed by atoms with Crippen LogP contribution >= 0.6 is 11.6 Å². The molecular formula is C16H13ClF3NO2. The lowest BCUT2D eigenvalue weighted by Gasteiger charge is -2.16. The summed E-state index contributed by atoms with van der Waals surface area (Å²) < 4.78 is 38.1. The first-order valence-corrected chi connectivity index (χ1v) is 7.03. The van der Waals surface area contributed by atoms with Gasteiger partial charge in [-0.15, -0.1) is 0 Å². The minimum Gasteiger partial charge on any atom is -0.506 e. The summed E-state index contributed by atoms with van der Waals surface area (Å²) in [6.45, 7) is 1.58. The predicted octanol–water partition coefficient (Wildman–Crippen LogP) is 4.56. The van der Waals surface area contributed by atoms with Crippen molar-refractivity contribution in [3.05, 3.63) is 64.2 Å².